The Morgan fingerprint density at radius 1 is 1.15 bits per heavy atom. The molecule has 0 saturated carbocycles. The zero-order valence-electron chi connectivity index (χ0n) is 7.07. The van der Waals surface area contributed by atoms with Gasteiger partial charge in [0.05, 0.1) is 12.7 Å². The molecule has 0 aromatic rings. The van der Waals surface area contributed by atoms with Gasteiger partial charge in [-0.05, 0) is 6.92 Å². The zero-order valence-corrected chi connectivity index (χ0v) is 7.07. The second-order valence-electron chi connectivity index (χ2n) is 2.42. The molecule has 0 heterocycles. The van der Waals surface area contributed by atoms with Gasteiger partial charge >= 0.3 is 12.1 Å². The lowest BCUT2D eigenvalue weighted by molar-refractivity contribution is -0.273. The van der Waals surface area contributed by atoms with Crippen molar-refractivity contribution < 1.29 is 32.2 Å². The minimum absolute atomic E-state index is 0.139. The molecule has 0 bridgehead atoms. The van der Waals surface area contributed by atoms with Gasteiger partial charge in [-0.3, -0.25) is 0 Å². The quantitative estimate of drug-likeness (QED) is 0.645. The number of hydrogen-bond acceptors (Lipinski definition) is 2. The Morgan fingerprint density at radius 2 is 1.31 bits per heavy atom. The first kappa shape index (κ1) is 15.1. The second-order valence-corrected chi connectivity index (χ2v) is 2.42. The molecule has 0 rings (SSSR count). The first-order valence-corrected chi connectivity index (χ1v) is 3.25. The van der Waals surface area contributed by atoms with E-state index in [1.54, 1.807) is 0 Å². The summed E-state index contributed by atoms with van der Waals surface area (Å²) in [5.41, 5.74) is 0. The highest BCUT2D eigenvalue weighted by Crippen LogP contribution is 2.34. The summed E-state index contributed by atoms with van der Waals surface area (Å²) in [6, 6.07) is 0. The van der Waals surface area contributed by atoms with E-state index in [-0.39, 0.29) is 13.5 Å². The molecule has 0 aromatic heterocycles. The molecule has 0 aliphatic heterocycles. The molecule has 7 heteroatoms. The minimum atomic E-state index is -5.40. The van der Waals surface area contributed by atoms with Crippen LogP contribution in [-0.4, -0.2) is 35.0 Å². The first-order chi connectivity index (χ1) is 5.52. The molecule has 0 radical (unpaired) electrons. The van der Waals surface area contributed by atoms with Crippen LogP contribution in [0.4, 0.5) is 22.0 Å². The molecule has 1 unspecified atom stereocenters. The molecule has 0 saturated heterocycles. The van der Waals surface area contributed by atoms with Crippen molar-refractivity contribution in [3.05, 3.63) is 0 Å². The fourth-order valence-electron chi connectivity index (χ4n) is 0. The van der Waals surface area contributed by atoms with E-state index < -0.39 is 18.2 Å². The third-order valence-electron chi connectivity index (χ3n) is 0.762. The molecule has 0 aliphatic rings. The predicted octanol–water partition coefficient (Wildman–Crippen LogP) is 1.56. The van der Waals surface area contributed by atoms with Crippen molar-refractivity contribution in [3.63, 3.8) is 0 Å². The van der Waals surface area contributed by atoms with Crippen molar-refractivity contribution in [2.45, 2.75) is 32.1 Å². The van der Waals surface area contributed by atoms with Crippen LogP contribution in [0.3, 0.4) is 0 Å². The number of hydrogen-bond donors (Lipinski definition) is 2. The van der Waals surface area contributed by atoms with Gasteiger partial charge in [-0.25, -0.2) is 0 Å². The molecule has 0 fully saturated rings. The summed E-state index contributed by atoms with van der Waals surface area (Å²) in [6.07, 6.45) is -5.96. The largest absolute Gasteiger partial charge is 0.452 e. The van der Waals surface area contributed by atoms with Crippen LogP contribution in [0.5, 0.6) is 0 Å². The van der Waals surface area contributed by atoms with Gasteiger partial charge in [-0.1, -0.05) is 0 Å². The van der Waals surface area contributed by atoms with Crippen molar-refractivity contribution in [1.29, 1.82) is 0 Å². The number of alkyl halides is 5. The standard InChI is InChI=1S/C3H3F5.C3H8O2/c1-2(4,5)3(6,7)8;1-3(5)2-4/h1H3;3-5H,2H2,1H3. The normalized spacial score (nSPS) is 14.5. The Morgan fingerprint density at radius 3 is 1.31 bits per heavy atom. The maximum atomic E-state index is 11.1. The Labute approximate surface area is 72.0 Å². The lowest BCUT2D eigenvalue weighted by Gasteiger charge is -2.12. The molecular weight excluding hydrogens is 199 g/mol. The van der Waals surface area contributed by atoms with E-state index in [0.29, 0.717) is 0 Å². The van der Waals surface area contributed by atoms with Crippen LogP contribution in [0.2, 0.25) is 0 Å². The summed E-state index contributed by atoms with van der Waals surface area (Å²) < 4.78 is 54.6. The van der Waals surface area contributed by atoms with E-state index in [0.717, 1.165) is 0 Å². The van der Waals surface area contributed by atoms with Crippen LogP contribution in [0.1, 0.15) is 13.8 Å². The van der Waals surface area contributed by atoms with Gasteiger partial charge in [0.2, 0.25) is 0 Å². The molecule has 1 atom stereocenters. The van der Waals surface area contributed by atoms with Crippen molar-refractivity contribution in [2.75, 3.05) is 6.61 Å². The summed E-state index contributed by atoms with van der Waals surface area (Å²) in [5, 5.41) is 16.0. The van der Waals surface area contributed by atoms with Gasteiger partial charge < -0.3 is 10.2 Å². The third kappa shape index (κ3) is 9.48. The highest BCUT2D eigenvalue weighted by atomic mass is 19.4. The SMILES string of the molecule is CC(F)(F)C(F)(F)F.CC(O)CO. The fourth-order valence-corrected chi connectivity index (χ4v) is 0. The lowest BCUT2D eigenvalue weighted by Crippen LogP contribution is -2.32. The Kier molecular flexibility index (Phi) is 6.18. The van der Waals surface area contributed by atoms with E-state index in [1.165, 1.54) is 6.92 Å². The van der Waals surface area contributed by atoms with E-state index in [2.05, 4.69) is 0 Å². The monoisotopic (exact) mass is 210 g/mol. The summed E-state index contributed by atoms with van der Waals surface area (Å²) >= 11 is 0. The predicted molar refractivity (Wildman–Crippen MR) is 35.4 cm³/mol. The van der Waals surface area contributed by atoms with Crippen LogP contribution in [0, 0.1) is 0 Å². The van der Waals surface area contributed by atoms with Gasteiger partial charge in [-0.15, -0.1) is 0 Å². The van der Waals surface area contributed by atoms with Crippen LogP contribution in [-0.2, 0) is 0 Å². The molecule has 13 heavy (non-hydrogen) atoms. The second kappa shape index (κ2) is 5.33. The minimum Gasteiger partial charge on any atom is -0.394 e. The van der Waals surface area contributed by atoms with Crippen LogP contribution < -0.4 is 0 Å². The van der Waals surface area contributed by atoms with Gasteiger partial charge in [0.15, 0.2) is 0 Å². The summed E-state index contributed by atoms with van der Waals surface area (Å²) in [7, 11) is 0. The molecule has 0 aliphatic carbocycles. The van der Waals surface area contributed by atoms with Crippen LogP contribution >= 0.6 is 0 Å². The maximum absolute atomic E-state index is 11.1. The first-order valence-electron chi connectivity index (χ1n) is 3.25. The maximum Gasteiger partial charge on any atom is 0.452 e. The Hall–Kier alpha value is -0.430. The van der Waals surface area contributed by atoms with Crippen LogP contribution in [0.25, 0.3) is 0 Å². The average Bonchev–Trinajstić information content (AvgIpc) is 1.84. The Balaban J connectivity index is 0. The molecule has 82 valence electrons. The van der Waals surface area contributed by atoms with Crippen molar-refractivity contribution in [1.82, 2.24) is 0 Å². The molecular formula is C6H11F5O2. The molecule has 0 amide bonds. The summed E-state index contributed by atoms with van der Waals surface area (Å²) in [6.45, 7) is 1.20. The summed E-state index contributed by atoms with van der Waals surface area (Å²) in [4.78, 5) is 0. The number of aliphatic hydroxyl groups is 2. The van der Waals surface area contributed by atoms with Gasteiger partial charge in [0.1, 0.15) is 0 Å². The van der Waals surface area contributed by atoms with Crippen LogP contribution in [0.15, 0.2) is 0 Å². The van der Waals surface area contributed by atoms with Crippen molar-refractivity contribution in [2.24, 2.45) is 0 Å². The van der Waals surface area contributed by atoms with Gasteiger partial charge in [-0.2, -0.15) is 22.0 Å². The van der Waals surface area contributed by atoms with E-state index in [1.807, 2.05) is 0 Å². The van der Waals surface area contributed by atoms with Crippen molar-refractivity contribution >= 4 is 0 Å². The number of rotatable bonds is 1. The summed E-state index contributed by atoms with van der Waals surface area (Å²) in [5.74, 6) is -4.56. The van der Waals surface area contributed by atoms with E-state index in [9.17, 15) is 22.0 Å². The van der Waals surface area contributed by atoms with E-state index >= 15 is 0 Å². The van der Waals surface area contributed by atoms with Gasteiger partial charge in [0.25, 0.3) is 0 Å². The zero-order chi connectivity index (χ0) is 11.3. The van der Waals surface area contributed by atoms with E-state index in [4.69, 9.17) is 10.2 Å². The third-order valence-corrected chi connectivity index (χ3v) is 0.762. The fraction of sp³-hybridized carbons (Fsp3) is 1.00. The lowest BCUT2D eigenvalue weighted by atomic mass is 10.4. The highest BCUT2D eigenvalue weighted by Gasteiger charge is 2.52. The number of aliphatic hydroxyl groups excluding tert-OH is 2. The highest BCUT2D eigenvalue weighted by molar-refractivity contribution is 4.67. The molecule has 0 aromatic carbocycles. The molecule has 0 spiro atoms. The average molecular weight is 210 g/mol. The molecule has 2 N–H and O–H groups in total. The smallest absolute Gasteiger partial charge is 0.394 e. The number of halogens is 5. The van der Waals surface area contributed by atoms with Gasteiger partial charge in [0, 0.05) is 6.92 Å². The topological polar surface area (TPSA) is 40.5 Å². The molecule has 2 nitrogen and oxygen atoms in total. The van der Waals surface area contributed by atoms with Crippen molar-refractivity contribution in [3.8, 4) is 0 Å². The Bertz CT molecular complexity index is 114.